The lowest BCUT2D eigenvalue weighted by molar-refractivity contribution is 0.689. The van der Waals surface area contributed by atoms with Crippen LogP contribution in [0, 0.1) is 0 Å². The number of halogens is 1. The molecular formula is C4H7IN6. The molecule has 0 aromatic carbocycles. The molecule has 1 aromatic rings. The van der Waals surface area contributed by atoms with Gasteiger partial charge in [-0.25, -0.2) is 0 Å². The maximum absolute atomic E-state index is 3.62. The van der Waals surface area contributed by atoms with Crippen LogP contribution in [0.15, 0.2) is 0 Å². The Morgan fingerprint density at radius 3 is 2.45 bits per heavy atom. The molecule has 0 aliphatic rings. The molecule has 1 rings (SSSR count). The minimum atomic E-state index is 0.0684. The van der Waals surface area contributed by atoms with Crippen molar-refractivity contribution >= 4 is 30.3 Å². The van der Waals surface area contributed by atoms with E-state index in [0.717, 1.165) is 0 Å². The van der Waals surface area contributed by atoms with Gasteiger partial charge in [0.15, 0.2) is 0 Å². The summed E-state index contributed by atoms with van der Waals surface area (Å²) in [7, 11) is 0. The van der Waals surface area contributed by atoms with Gasteiger partial charge in [-0.15, -0.1) is 20.7 Å². The first-order valence-corrected chi connectivity index (χ1v) is 6.05. The molecule has 0 spiro atoms. The lowest BCUT2D eigenvalue weighted by atomic mass is 10.7. The van der Waals surface area contributed by atoms with Crippen molar-refractivity contribution in [2.24, 2.45) is 0 Å². The maximum atomic E-state index is 3.62. The van der Waals surface area contributed by atoms with Gasteiger partial charge in [0.25, 0.3) is 5.95 Å². The van der Waals surface area contributed by atoms with Gasteiger partial charge < -0.3 is 5.32 Å². The van der Waals surface area contributed by atoms with Crippen molar-refractivity contribution in [2.75, 3.05) is 10.2 Å². The summed E-state index contributed by atoms with van der Waals surface area (Å²) in [5.74, 6) is 0.416. The summed E-state index contributed by atoms with van der Waals surface area (Å²) in [6.07, 6.45) is 0. The molecule has 11 heavy (non-hydrogen) atoms. The van der Waals surface area contributed by atoms with Gasteiger partial charge in [0.05, 0.1) is 0 Å². The largest absolute Gasteiger partial charge is 0.321 e. The Labute approximate surface area is 73.5 Å². The van der Waals surface area contributed by atoms with E-state index in [2.05, 4.69) is 36.1 Å². The molecule has 1 heterocycles. The zero-order valence-corrected chi connectivity index (χ0v) is 8.27. The lowest BCUT2D eigenvalue weighted by Crippen LogP contribution is -2.10. The number of nitrogens with zero attached hydrogens (tertiary/aromatic N) is 5. The molecular weight excluding hydrogens is 259 g/mol. The Bertz CT molecular complexity index is 246. The topological polar surface area (TPSA) is 76.5 Å². The van der Waals surface area contributed by atoms with E-state index in [0.29, 0.717) is 5.95 Å². The molecule has 0 radical (unpaired) electrons. The Morgan fingerprint density at radius 2 is 1.91 bits per heavy atom. The van der Waals surface area contributed by atoms with Gasteiger partial charge >= 0.3 is 0 Å². The Hall–Kier alpha value is -0.730. The standard InChI is InChI=1S/C4H7IN6/c1-3(5-2)6-4-7-9-11-10-8-4/h1-2H3,(H,6,7,8,11). The molecule has 0 aliphatic carbocycles. The van der Waals surface area contributed by atoms with Gasteiger partial charge in [0.2, 0.25) is 0 Å². The normalized spacial score (nSPS) is 12.0. The molecule has 6 nitrogen and oxygen atoms in total. The number of nitrogens with one attached hydrogen (secondary N) is 1. The fourth-order valence-corrected chi connectivity index (χ4v) is 0.925. The average Bonchev–Trinajstić information content (AvgIpc) is 2.06. The highest BCUT2D eigenvalue weighted by molar-refractivity contribution is 14.2. The van der Waals surface area contributed by atoms with Crippen LogP contribution >= 0.6 is 20.7 Å². The summed E-state index contributed by atoms with van der Waals surface area (Å²) in [6.45, 7) is 2.00. The molecule has 0 bridgehead atoms. The van der Waals surface area contributed by atoms with Crippen molar-refractivity contribution in [3.05, 3.63) is 0 Å². The predicted octanol–water partition coefficient (Wildman–Crippen LogP) is -0.176. The van der Waals surface area contributed by atoms with E-state index in [-0.39, 0.29) is 20.7 Å². The number of hydrogen-bond donors (Lipinski definition) is 1. The second kappa shape index (κ2) is 4.21. The van der Waals surface area contributed by atoms with E-state index in [1.165, 1.54) is 3.63 Å². The quantitative estimate of drug-likeness (QED) is 0.591. The van der Waals surface area contributed by atoms with Crippen molar-refractivity contribution in [2.45, 2.75) is 6.92 Å². The first kappa shape index (κ1) is 8.37. The van der Waals surface area contributed by atoms with Crippen LogP contribution in [0.1, 0.15) is 6.92 Å². The third-order valence-corrected chi connectivity index (χ3v) is 2.81. The number of hydrogen-bond acceptors (Lipinski definition) is 6. The van der Waals surface area contributed by atoms with Crippen molar-refractivity contribution in [3.8, 4) is 0 Å². The SMILES string of the molecule is CI=C(C)Nc1nnnnn1. The molecule has 0 saturated heterocycles. The van der Waals surface area contributed by atoms with Crippen molar-refractivity contribution < 1.29 is 0 Å². The van der Waals surface area contributed by atoms with Crippen molar-refractivity contribution in [1.29, 1.82) is 0 Å². The van der Waals surface area contributed by atoms with Crippen molar-refractivity contribution in [1.82, 2.24) is 25.8 Å². The molecule has 7 heteroatoms. The maximum Gasteiger partial charge on any atom is 0.270 e. The van der Waals surface area contributed by atoms with Gasteiger partial charge in [0.1, 0.15) is 0 Å². The summed E-state index contributed by atoms with van der Waals surface area (Å²) in [5, 5.41) is 20.1. The smallest absolute Gasteiger partial charge is 0.270 e. The van der Waals surface area contributed by atoms with Gasteiger partial charge in [-0.05, 0) is 27.5 Å². The van der Waals surface area contributed by atoms with Gasteiger partial charge in [0, 0.05) is 3.63 Å². The van der Waals surface area contributed by atoms with Crippen LogP contribution in [-0.4, -0.2) is 34.4 Å². The Kier molecular flexibility index (Phi) is 3.20. The molecule has 0 fully saturated rings. The van der Waals surface area contributed by atoms with Crippen molar-refractivity contribution in [3.63, 3.8) is 0 Å². The zero-order chi connectivity index (χ0) is 8.10. The van der Waals surface area contributed by atoms with Gasteiger partial charge in [-0.2, -0.15) is 0 Å². The number of anilines is 1. The molecule has 0 saturated carbocycles. The van der Waals surface area contributed by atoms with E-state index < -0.39 is 0 Å². The van der Waals surface area contributed by atoms with Crippen LogP contribution in [0.4, 0.5) is 5.95 Å². The molecule has 0 amide bonds. The van der Waals surface area contributed by atoms with Crippen LogP contribution < -0.4 is 5.32 Å². The monoisotopic (exact) mass is 266 g/mol. The number of aromatic nitrogens is 5. The molecule has 0 atom stereocenters. The van der Waals surface area contributed by atoms with Crippen LogP contribution in [0.5, 0.6) is 0 Å². The summed E-state index contributed by atoms with van der Waals surface area (Å²) in [4.78, 5) is 2.14. The van der Waals surface area contributed by atoms with E-state index in [4.69, 9.17) is 0 Å². The van der Waals surface area contributed by atoms with Crippen LogP contribution in [0.2, 0.25) is 0 Å². The lowest BCUT2D eigenvalue weighted by Gasteiger charge is -1.98. The molecule has 1 aromatic heterocycles. The first-order chi connectivity index (χ1) is 5.33. The first-order valence-electron chi connectivity index (χ1n) is 2.81. The second-order valence-corrected chi connectivity index (χ2v) is 4.34. The molecule has 0 unspecified atom stereocenters. The molecule has 60 valence electrons. The van der Waals surface area contributed by atoms with E-state index in [9.17, 15) is 0 Å². The van der Waals surface area contributed by atoms with E-state index in [1.807, 2.05) is 6.92 Å². The zero-order valence-electron chi connectivity index (χ0n) is 6.11. The minimum Gasteiger partial charge on any atom is -0.321 e. The molecule has 1 N–H and O–H groups in total. The summed E-state index contributed by atoms with van der Waals surface area (Å²) in [6, 6.07) is 0. The predicted molar refractivity (Wildman–Crippen MR) is 49.7 cm³/mol. The summed E-state index contributed by atoms with van der Waals surface area (Å²) < 4.78 is 1.18. The highest BCUT2D eigenvalue weighted by Gasteiger charge is 1.94. The highest BCUT2D eigenvalue weighted by atomic mass is 127. The van der Waals surface area contributed by atoms with Crippen LogP contribution in [0.25, 0.3) is 0 Å². The van der Waals surface area contributed by atoms with Gasteiger partial charge in [-0.3, -0.25) is 0 Å². The summed E-state index contributed by atoms with van der Waals surface area (Å²) in [5.41, 5.74) is 0. The third kappa shape index (κ3) is 2.78. The Morgan fingerprint density at radius 1 is 1.27 bits per heavy atom. The fraction of sp³-hybridized carbons (Fsp3) is 0.500. The molecule has 0 aliphatic heterocycles. The van der Waals surface area contributed by atoms with Gasteiger partial charge in [-0.1, -0.05) is 10.2 Å². The number of alkyl halides is 1. The summed E-state index contributed by atoms with van der Waals surface area (Å²) >= 11 is 0.0684. The average molecular weight is 266 g/mol. The third-order valence-electron chi connectivity index (χ3n) is 0.926. The van der Waals surface area contributed by atoms with Crippen LogP contribution in [0.3, 0.4) is 0 Å². The van der Waals surface area contributed by atoms with Crippen LogP contribution in [-0.2, 0) is 0 Å². The van der Waals surface area contributed by atoms with E-state index in [1.54, 1.807) is 0 Å². The number of rotatable bonds is 2. The minimum absolute atomic E-state index is 0.0684. The highest BCUT2D eigenvalue weighted by Crippen LogP contribution is 1.96. The fourth-order valence-electron chi connectivity index (χ4n) is 0.414. The Balaban J connectivity index is 2.65. The second-order valence-electron chi connectivity index (χ2n) is 1.64. The van der Waals surface area contributed by atoms with E-state index >= 15 is 0 Å².